The van der Waals surface area contributed by atoms with Crippen molar-refractivity contribution < 1.29 is 19.1 Å². The van der Waals surface area contributed by atoms with Crippen molar-refractivity contribution in [3.8, 4) is 0 Å². The fourth-order valence-electron chi connectivity index (χ4n) is 1.78. The summed E-state index contributed by atoms with van der Waals surface area (Å²) in [6.07, 6.45) is 0.244. The minimum Gasteiger partial charge on any atom is -0.466 e. The molecule has 106 valence electrons. The SMILES string of the molecule is COC(=O)C1=C(C)NC(C)=C(C(=O)OCC(C)C)C1. The topological polar surface area (TPSA) is 64.6 Å². The van der Waals surface area contributed by atoms with Gasteiger partial charge in [-0.15, -0.1) is 0 Å². The number of rotatable bonds is 4. The van der Waals surface area contributed by atoms with E-state index in [1.165, 1.54) is 7.11 Å². The number of esters is 2. The molecule has 0 bridgehead atoms. The predicted octanol–water partition coefficient (Wildman–Crippen LogP) is 1.90. The van der Waals surface area contributed by atoms with Gasteiger partial charge in [0, 0.05) is 17.8 Å². The molecule has 1 N–H and O–H groups in total. The van der Waals surface area contributed by atoms with Crippen LogP contribution in [-0.4, -0.2) is 25.7 Å². The third-order valence-electron chi connectivity index (χ3n) is 2.86. The summed E-state index contributed by atoms with van der Waals surface area (Å²) in [5.74, 6) is -0.530. The lowest BCUT2D eigenvalue weighted by Crippen LogP contribution is -2.26. The van der Waals surface area contributed by atoms with Crippen molar-refractivity contribution in [1.82, 2.24) is 5.32 Å². The van der Waals surface area contributed by atoms with Crippen LogP contribution >= 0.6 is 0 Å². The van der Waals surface area contributed by atoms with E-state index in [0.29, 0.717) is 23.5 Å². The van der Waals surface area contributed by atoms with Crippen molar-refractivity contribution in [2.24, 2.45) is 5.92 Å². The molecule has 0 radical (unpaired) electrons. The highest BCUT2D eigenvalue weighted by molar-refractivity contribution is 5.96. The Morgan fingerprint density at radius 2 is 1.68 bits per heavy atom. The molecule has 0 fully saturated rings. The van der Waals surface area contributed by atoms with Gasteiger partial charge in [0.05, 0.1) is 24.9 Å². The van der Waals surface area contributed by atoms with E-state index in [9.17, 15) is 9.59 Å². The largest absolute Gasteiger partial charge is 0.466 e. The number of ether oxygens (including phenoxy) is 2. The quantitative estimate of drug-likeness (QED) is 0.788. The van der Waals surface area contributed by atoms with E-state index in [1.54, 1.807) is 13.8 Å². The summed E-state index contributed by atoms with van der Waals surface area (Å²) in [7, 11) is 1.32. The molecular weight excluding hydrogens is 246 g/mol. The van der Waals surface area contributed by atoms with Crippen molar-refractivity contribution in [2.45, 2.75) is 34.1 Å². The first-order valence-electron chi connectivity index (χ1n) is 6.28. The number of carbonyl (C=O) groups excluding carboxylic acids is 2. The van der Waals surface area contributed by atoms with Crippen LogP contribution in [0.25, 0.3) is 0 Å². The van der Waals surface area contributed by atoms with Crippen LogP contribution in [0.3, 0.4) is 0 Å². The lowest BCUT2D eigenvalue weighted by atomic mass is 9.98. The van der Waals surface area contributed by atoms with Gasteiger partial charge in [0.1, 0.15) is 0 Å². The molecule has 0 aliphatic carbocycles. The number of hydrogen-bond donors (Lipinski definition) is 1. The Morgan fingerprint density at radius 3 is 2.16 bits per heavy atom. The average Bonchev–Trinajstić information content (AvgIpc) is 2.35. The first kappa shape index (κ1) is 15.3. The molecule has 5 heteroatoms. The highest BCUT2D eigenvalue weighted by Crippen LogP contribution is 2.24. The standard InChI is InChI=1S/C14H21NO4/c1-8(2)7-19-14(17)12-6-11(13(16)18-5)9(3)15-10(12)4/h8,15H,6-7H2,1-5H3. The third kappa shape index (κ3) is 3.84. The number of nitrogens with one attached hydrogen (secondary N) is 1. The van der Waals surface area contributed by atoms with Gasteiger partial charge in [-0.25, -0.2) is 9.59 Å². The minimum atomic E-state index is -0.424. The second-order valence-electron chi connectivity index (χ2n) is 4.99. The highest BCUT2D eigenvalue weighted by atomic mass is 16.5. The summed E-state index contributed by atoms with van der Waals surface area (Å²) in [4.78, 5) is 23.6. The fraction of sp³-hybridized carbons (Fsp3) is 0.571. The molecule has 0 atom stereocenters. The van der Waals surface area contributed by atoms with Crippen LogP contribution in [0.15, 0.2) is 22.5 Å². The molecule has 0 aromatic rings. The fourth-order valence-corrected chi connectivity index (χ4v) is 1.78. The number of methoxy groups -OCH3 is 1. The Hall–Kier alpha value is -1.78. The summed E-state index contributed by atoms with van der Waals surface area (Å²) < 4.78 is 9.91. The first-order chi connectivity index (χ1) is 8.86. The molecule has 5 nitrogen and oxygen atoms in total. The van der Waals surface area contributed by atoms with Crippen LogP contribution in [0.5, 0.6) is 0 Å². The average molecular weight is 267 g/mol. The molecule has 1 aliphatic rings. The van der Waals surface area contributed by atoms with Gasteiger partial charge in [-0.1, -0.05) is 13.8 Å². The third-order valence-corrected chi connectivity index (χ3v) is 2.86. The van der Waals surface area contributed by atoms with E-state index in [4.69, 9.17) is 9.47 Å². The van der Waals surface area contributed by atoms with Crippen molar-refractivity contribution in [3.05, 3.63) is 22.5 Å². The molecule has 0 unspecified atom stereocenters. The lowest BCUT2D eigenvalue weighted by Gasteiger charge is -2.22. The van der Waals surface area contributed by atoms with Crippen LogP contribution < -0.4 is 5.32 Å². The first-order valence-corrected chi connectivity index (χ1v) is 6.28. The smallest absolute Gasteiger partial charge is 0.336 e. The maximum absolute atomic E-state index is 12.0. The van der Waals surface area contributed by atoms with E-state index in [0.717, 1.165) is 5.70 Å². The van der Waals surface area contributed by atoms with Crippen molar-refractivity contribution >= 4 is 11.9 Å². The Labute approximate surface area is 113 Å². The molecule has 0 saturated heterocycles. The zero-order valence-corrected chi connectivity index (χ0v) is 12.1. The molecule has 0 amide bonds. The van der Waals surface area contributed by atoms with Gasteiger partial charge >= 0.3 is 11.9 Å². The Bertz CT molecular complexity index is 446. The summed E-state index contributed by atoms with van der Waals surface area (Å²) in [5, 5.41) is 3.02. The number of allylic oxidation sites excluding steroid dienone is 2. The number of dihydropyridines is 1. The van der Waals surface area contributed by atoms with Gasteiger partial charge < -0.3 is 14.8 Å². The Kier molecular flexibility index (Phi) is 5.15. The Morgan fingerprint density at radius 1 is 1.16 bits per heavy atom. The summed E-state index contributed by atoms with van der Waals surface area (Å²) in [6, 6.07) is 0. The molecule has 1 rings (SSSR count). The number of carbonyl (C=O) groups is 2. The van der Waals surface area contributed by atoms with Gasteiger partial charge in [0.2, 0.25) is 0 Å². The molecule has 1 aliphatic heterocycles. The summed E-state index contributed by atoms with van der Waals surface area (Å²) in [5.41, 5.74) is 2.37. The van der Waals surface area contributed by atoms with Crippen LogP contribution in [0.2, 0.25) is 0 Å². The second-order valence-corrected chi connectivity index (χ2v) is 4.99. The van der Waals surface area contributed by atoms with Crippen molar-refractivity contribution in [3.63, 3.8) is 0 Å². The predicted molar refractivity (Wildman–Crippen MR) is 71.0 cm³/mol. The van der Waals surface area contributed by atoms with Crippen LogP contribution in [0.1, 0.15) is 34.1 Å². The normalized spacial score (nSPS) is 15.5. The zero-order chi connectivity index (χ0) is 14.6. The minimum absolute atomic E-state index is 0.244. The van der Waals surface area contributed by atoms with E-state index < -0.39 is 5.97 Å². The summed E-state index contributed by atoms with van der Waals surface area (Å²) in [6.45, 7) is 7.89. The second kappa shape index (κ2) is 6.41. The van der Waals surface area contributed by atoms with Crippen molar-refractivity contribution in [1.29, 1.82) is 0 Å². The maximum Gasteiger partial charge on any atom is 0.336 e. The molecule has 0 saturated carbocycles. The Balaban J connectivity index is 2.82. The van der Waals surface area contributed by atoms with E-state index in [1.807, 2.05) is 13.8 Å². The molecule has 19 heavy (non-hydrogen) atoms. The highest BCUT2D eigenvalue weighted by Gasteiger charge is 2.26. The van der Waals surface area contributed by atoms with E-state index >= 15 is 0 Å². The van der Waals surface area contributed by atoms with Gasteiger partial charge in [0.15, 0.2) is 0 Å². The summed E-state index contributed by atoms with van der Waals surface area (Å²) >= 11 is 0. The van der Waals surface area contributed by atoms with Gasteiger partial charge in [-0.2, -0.15) is 0 Å². The van der Waals surface area contributed by atoms with E-state index in [2.05, 4.69) is 5.32 Å². The molecule has 0 aromatic heterocycles. The lowest BCUT2D eigenvalue weighted by molar-refractivity contribution is -0.140. The van der Waals surface area contributed by atoms with Gasteiger partial charge in [0.25, 0.3) is 0 Å². The van der Waals surface area contributed by atoms with Crippen molar-refractivity contribution in [2.75, 3.05) is 13.7 Å². The molecular formula is C14H21NO4. The van der Waals surface area contributed by atoms with Gasteiger partial charge in [-0.05, 0) is 19.8 Å². The van der Waals surface area contributed by atoms with Crippen LogP contribution in [0, 0.1) is 5.92 Å². The van der Waals surface area contributed by atoms with Crippen LogP contribution in [-0.2, 0) is 19.1 Å². The number of hydrogen-bond acceptors (Lipinski definition) is 5. The molecule has 0 spiro atoms. The van der Waals surface area contributed by atoms with Crippen LogP contribution in [0.4, 0.5) is 0 Å². The van der Waals surface area contributed by atoms with E-state index in [-0.39, 0.29) is 18.3 Å². The molecule has 1 heterocycles. The maximum atomic E-state index is 12.0. The molecule has 0 aromatic carbocycles. The monoisotopic (exact) mass is 267 g/mol. The van der Waals surface area contributed by atoms with Gasteiger partial charge in [-0.3, -0.25) is 0 Å². The zero-order valence-electron chi connectivity index (χ0n) is 12.1.